The number of aryl methyl sites for hydroxylation is 1. The summed E-state index contributed by atoms with van der Waals surface area (Å²) in [4.78, 5) is 20.9. The van der Waals surface area contributed by atoms with Gasteiger partial charge in [0.1, 0.15) is 17.0 Å². The van der Waals surface area contributed by atoms with E-state index in [1.54, 1.807) is 17.7 Å². The van der Waals surface area contributed by atoms with E-state index in [-0.39, 0.29) is 4.75 Å². The van der Waals surface area contributed by atoms with E-state index in [1.807, 2.05) is 11.8 Å². The summed E-state index contributed by atoms with van der Waals surface area (Å²) in [6.45, 7) is 11.6. The van der Waals surface area contributed by atoms with Gasteiger partial charge in [-0.1, -0.05) is 11.8 Å². The summed E-state index contributed by atoms with van der Waals surface area (Å²) in [6, 6.07) is 2.21. The monoisotopic (exact) mass is 347 g/mol. The normalized spacial score (nSPS) is 21.1. The first-order valence-electron chi connectivity index (χ1n) is 7.96. The highest BCUT2D eigenvalue weighted by Crippen LogP contribution is 2.34. The van der Waals surface area contributed by atoms with E-state index in [0.29, 0.717) is 0 Å². The lowest BCUT2D eigenvalue weighted by molar-refractivity contribution is 0.391. The van der Waals surface area contributed by atoms with Crippen molar-refractivity contribution >= 4 is 44.3 Å². The maximum absolute atomic E-state index is 4.73. The molecule has 0 atom stereocenters. The fourth-order valence-electron chi connectivity index (χ4n) is 3.06. The average Bonchev–Trinajstić information content (AvgIpc) is 3.08. The van der Waals surface area contributed by atoms with Gasteiger partial charge in [0.05, 0.1) is 11.9 Å². The zero-order valence-electron chi connectivity index (χ0n) is 13.7. The molecule has 23 heavy (non-hydrogen) atoms. The molecule has 2 aliphatic heterocycles. The number of rotatable bonds is 1. The first-order valence-corrected chi connectivity index (χ1v) is 9.60. The quantitative estimate of drug-likeness (QED) is 0.793. The standard InChI is InChI=1S/C16H21N5S2/c1-11-8-12-13(18-10-19-14(12)22-11)20-4-6-21(7-5-20)15-17-9-16(2,3)23-15/h8,10H,4-7,9H2,1-3H3. The predicted molar refractivity (Wildman–Crippen MR) is 99.9 cm³/mol. The Balaban J connectivity index is 1.49. The average molecular weight is 348 g/mol. The zero-order valence-corrected chi connectivity index (χ0v) is 15.4. The van der Waals surface area contributed by atoms with E-state index < -0.39 is 0 Å². The minimum absolute atomic E-state index is 0.249. The van der Waals surface area contributed by atoms with Gasteiger partial charge in [-0.15, -0.1) is 11.3 Å². The van der Waals surface area contributed by atoms with Crippen molar-refractivity contribution in [3.63, 3.8) is 0 Å². The molecule has 0 unspecified atom stereocenters. The van der Waals surface area contributed by atoms with Crippen LogP contribution in [0.1, 0.15) is 18.7 Å². The molecule has 122 valence electrons. The molecule has 0 aromatic carbocycles. The second-order valence-electron chi connectivity index (χ2n) is 6.71. The third-order valence-corrected chi connectivity index (χ3v) is 6.45. The second-order valence-corrected chi connectivity index (χ2v) is 9.62. The molecule has 0 radical (unpaired) electrons. The minimum Gasteiger partial charge on any atom is -0.352 e. The van der Waals surface area contributed by atoms with Gasteiger partial charge in [0.2, 0.25) is 0 Å². The van der Waals surface area contributed by atoms with E-state index in [4.69, 9.17) is 4.99 Å². The molecule has 1 saturated heterocycles. The number of hydrogen-bond donors (Lipinski definition) is 0. The van der Waals surface area contributed by atoms with Crippen molar-refractivity contribution in [2.75, 3.05) is 37.6 Å². The van der Waals surface area contributed by atoms with Gasteiger partial charge < -0.3 is 9.80 Å². The first-order chi connectivity index (χ1) is 11.0. The first kappa shape index (κ1) is 15.2. The summed E-state index contributed by atoms with van der Waals surface area (Å²) in [7, 11) is 0. The van der Waals surface area contributed by atoms with Gasteiger partial charge in [-0.3, -0.25) is 4.99 Å². The Morgan fingerprint density at radius 1 is 1.09 bits per heavy atom. The number of nitrogens with zero attached hydrogens (tertiary/aromatic N) is 5. The largest absolute Gasteiger partial charge is 0.352 e. The molecule has 2 aromatic rings. The van der Waals surface area contributed by atoms with Crippen LogP contribution in [0.25, 0.3) is 10.2 Å². The fraction of sp³-hybridized carbons (Fsp3) is 0.562. The van der Waals surface area contributed by atoms with Crippen LogP contribution in [0.3, 0.4) is 0 Å². The van der Waals surface area contributed by atoms with Crippen molar-refractivity contribution in [2.24, 2.45) is 4.99 Å². The van der Waals surface area contributed by atoms with Crippen LogP contribution in [0, 0.1) is 6.92 Å². The van der Waals surface area contributed by atoms with E-state index in [0.717, 1.165) is 43.4 Å². The summed E-state index contributed by atoms with van der Waals surface area (Å²) in [5, 5.41) is 2.41. The maximum atomic E-state index is 4.73. The van der Waals surface area contributed by atoms with Crippen molar-refractivity contribution < 1.29 is 0 Å². The van der Waals surface area contributed by atoms with Crippen LogP contribution >= 0.6 is 23.1 Å². The van der Waals surface area contributed by atoms with Crippen LogP contribution in [0.15, 0.2) is 17.4 Å². The molecule has 1 fully saturated rings. The second kappa shape index (κ2) is 5.63. The van der Waals surface area contributed by atoms with Gasteiger partial charge >= 0.3 is 0 Å². The van der Waals surface area contributed by atoms with Crippen molar-refractivity contribution in [3.05, 3.63) is 17.3 Å². The van der Waals surface area contributed by atoms with Crippen LogP contribution in [0.2, 0.25) is 0 Å². The number of thioether (sulfide) groups is 1. The number of anilines is 1. The molecule has 0 spiro atoms. The summed E-state index contributed by atoms with van der Waals surface area (Å²) < 4.78 is 0.249. The van der Waals surface area contributed by atoms with Gasteiger partial charge in [-0.2, -0.15) is 0 Å². The molecule has 2 aromatic heterocycles. The lowest BCUT2D eigenvalue weighted by Gasteiger charge is -2.36. The Labute approximate surface area is 144 Å². The molecule has 2 aliphatic rings. The van der Waals surface area contributed by atoms with Gasteiger partial charge in [-0.25, -0.2) is 9.97 Å². The molecular formula is C16H21N5S2. The highest BCUT2D eigenvalue weighted by Gasteiger charge is 2.32. The third kappa shape index (κ3) is 2.92. The Bertz CT molecular complexity index is 759. The lowest BCUT2D eigenvalue weighted by atomic mass is 10.2. The number of aliphatic imine (C=N–C) groups is 1. The number of hydrogen-bond acceptors (Lipinski definition) is 7. The molecule has 0 aliphatic carbocycles. The molecule has 0 N–H and O–H groups in total. The SMILES string of the molecule is Cc1cc2c(N3CCN(C4=NCC(C)(C)S4)CC3)ncnc2s1. The van der Waals surface area contributed by atoms with Crippen LogP contribution in [0.5, 0.6) is 0 Å². The summed E-state index contributed by atoms with van der Waals surface area (Å²) in [6.07, 6.45) is 1.69. The van der Waals surface area contributed by atoms with E-state index >= 15 is 0 Å². The number of thiophene rings is 1. The number of fused-ring (bicyclic) bond motifs is 1. The van der Waals surface area contributed by atoms with Crippen molar-refractivity contribution in [3.8, 4) is 0 Å². The number of amidine groups is 1. The number of aromatic nitrogens is 2. The molecule has 7 heteroatoms. The van der Waals surface area contributed by atoms with Gasteiger partial charge in [0.25, 0.3) is 0 Å². The molecule has 0 amide bonds. The van der Waals surface area contributed by atoms with Gasteiger partial charge in [0, 0.05) is 35.8 Å². The smallest absolute Gasteiger partial charge is 0.159 e. The molecule has 4 heterocycles. The topological polar surface area (TPSA) is 44.6 Å². The highest BCUT2D eigenvalue weighted by atomic mass is 32.2. The van der Waals surface area contributed by atoms with Gasteiger partial charge in [0.15, 0.2) is 5.17 Å². The van der Waals surface area contributed by atoms with Gasteiger partial charge in [-0.05, 0) is 26.8 Å². The van der Waals surface area contributed by atoms with Crippen molar-refractivity contribution in [1.82, 2.24) is 14.9 Å². The number of piperazine rings is 1. The zero-order chi connectivity index (χ0) is 16.0. The van der Waals surface area contributed by atoms with Crippen molar-refractivity contribution in [2.45, 2.75) is 25.5 Å². The minimum atomic E-state index is 0.249. The lowest BCUT2D eigenvalue weighted by Crippen LogP contribution is -2.48. The van der Waals surface area contributed by atoms with Crippen LogP contribution in [-0.2, 0) is 0 Å². The van der Waals surface area contributed by atoms with Crippen molar-refractivity contribution in [1.29, 1.82) is 0 Å². The van der Waals surface area contributed by atoms with Crippen LogP contribution in [-0.4, -0.2) is 57.5 Å². The summed E-state index contributed by atoms with van der Waals surface area (Å²) in [5.74, 6) is 1.08. The Kier molecular flexibility index (Phi) is 3.72. The van der Waals surface area contributed by atoms with Crippen LogP contribution < -0.4 is 4.90 Å². The third-order valence-electron chi connectivity index (χ3n) is 4.24. The molecule has 4 rings (SSSR count). The predicted octanol–water partition coefficient (Wildman–Crippen LogP) is 3.00. The fourth-order valence-corrected chi connectivity index (χ4v) is 4.97. The molecule has 0 saturated carbocycles. The van der Waals surface area contributed by atoms with E-state index in [1.165, 1.54) is 15.4 Å². The molecular weight excluding hydrogens is 326 g/mol. The summed E-state index contributed by atoms with van der Waals surface area (Å²) >= 11 is 3.65. The summed E-state index contributed by atoms with van der Waals surface area (Å²) in [5.41, 5.74) is 0. The maximum Gasteiger partial charge on any atom is 0.159 e. The highest BCUT2D eigenvalue weighted by molar-refractivity contribution is 8.15. The molecule has 0 bridgehead atoms. The van der Waals surface area contributed by atoms with Crippen LogP contribution in [0.4, 0.5) is 5.82 Å². The Hall–Kier alpha value is -1.34. The van der Waals surface area contributed by atoms with E-state index in [9.17, 15) is 0 Å². The Morgan fingerprint density at radius 2 is 1.83 bits per heavy atom. The van der Waals surface area contributed by atoms with E-state index in [2.05, 4.69) is 46.6 Å². The molecule has 5 nitrogen and oxygen atoms in total. The Morgan fingerprint density at radius 3 is 2.52 bits per heavy atom.